The summed E-state index contributed by atoms with van der Waals surface area (Å²) in [6.07, 6.45) is 2.85. The van der Waals surface area contributed by atoms with Crippen LogP contribution in [0.15, 0.2) is 42.5 Å². The van der Waals surface area contributed by atoms with Gasteiger partial charge in [0.1, 0.15) is 0 Å². The molecule has 0 bridgehead atoms. The Balaban J connectivity index is 1.63. The summed E-state index contributed by atoms with van der Waals surface area (Å²) in [5, 5.41) is 11.5. The molecule has 0 radical (unpaired) electrons. The van der Waals surface area contributed by atoms with E-state index < -0.39 is 5.91 Å². The molecule has 122 valence electrons. The predicted molar refractivity (Wildman–Crippen MR) is 89.7 cm³/mol. The summed E-state index contributed by atoms with van der Waals surface area (Å²) < 4.78 is 0. The van der Waals surface area contributed by atoms with Crippen molar-refractivity contribution in [2.45, 2.75) is 25.7 Å². The van der Waals surface area contributed by atoms with Crippen LogP contribution in [-0.4, -0.2) is 23.6 Å². The van der Waals surface area contributed by atoms with Crippen LogP contribution in [-0.2, 0) is 17.6 Å². The summed E-state index contributed by atoms with van der Waals surface area (Å²) in [7, 11) is 0. The lowest BCUT2D eigenvalue weighted by Crippen LogP contribution is -2.24. The second kappa shape index (κ2) is 9.07. The van der Waals surface area contributed by atoms with E-state index in [1.807, 2.05) is 18.2 Å². The molecule has 5 nitrogen and oxygen atoms in total. The summed E-state index contributed by atoms with van der Waals surface area (Å²) in [5.74, 6) is -0.508. The van der Waals surface area contributed by atoms with Gasteiger partial charge in [-0.25, -0.2) is 5.48 Å². The third-order valence-corrected chi connectivity index (χ3v) is 4.54. The molecule has 6 heteroatoms. The molecule has 0 unspecified atom stereocenters. The van der Waals surface area contributed by atoms with Crippen molar-refractivity contribution < 1.29 is 14.8 Å². The smallest absolute Gasteiger partial charge is 0.284 e. The van der Waals surface area contributed by atoms with Crippen molar-refractivity contribution in [1.82, 2.24) is 10.8 Å². The lowest BCUT2D eigenvalue weighted by Gasteiger charge is -2.05. The Hall–Kier alpha value is -2.18. The molecule has 0 saturated carbocycles. The summed E-state index contributed by atoms with van der Waals surface area (Å²) in [6.45, 7) is 0.663. The van der Waals surface area contributed by atoms with Gasteiger partial charge >= 0.3 is 0 Å². The van der Waals surface area contributed by atoms with Gasteiger partial charge in [0.15, 0.2) is 0 Å². The van der Waals surface area contributed by atoms with E-state index in [1.54, 1.807) is 17.6 Å². The molecule has 1 heterocycles. The quantitative estimate of drug-likeness (QED) is 0.395. The van der Waals surface area contributed by atoms with Crippen LogP contribution >= 0.6 is 11.3 Å². The van der Waals surface area contributed by atoms with E-state index in [9.17, 15) is 9.59 Å². The third-order valence-electron chi connectivity index (χ3n) is 3.39. The van der Waals surface area contributed by atoms with Gasteiger partial charge in [-0.3, -0.25) is 14.8 Å². The normalized spacial score (nSPS) is 10.3. The second-order valence-electron chi connectivity index (χ2n) is 5.15. The van der Waals surface area contributed by atoms with Crippen LogP contribution in [0.1, 0.15) is 33.0 Å². The third kappa shape index (κ3) is 5.84. The van der Waals surface area contributed by atoms with E-state index >= 15 is 0 Å². The number of aryl methyl sites for hydroxylation is 2. The highest BCUT2D eigenvalue weighted by molar-refractivity contribution is 7.14. The summed E-state index contributed by atoms with van der Waals surface area (Å²) >= 11 is 1.28. The van der Waals surface area contributed by atoms with Crippen molar-refractivity contribution in [1.29, 1.82) is 0 Å². The van der Waals surface area contributed by atoms with Crippen LogP contribution in [0, 0.1) is 0 Å². The fourth-order valence-corrected chi connectivity index (χ4v) is 3.08. The number of thiophene rings is 1. The molecule has 0 fully saturated rings. The average molecular weight is 332 g/mol. The zero-order chi connectivity index (χ0) is 16.5. The largest absolute Gasteiger partial charge is 0.356 e. The minimum absolute atomic E-state index is 0.0135. The van der Waals surface area contributed by atoms with Crippen LogP contribution in [0.5, 0.6) is 0 Å². The van der Waals surface area contributed by atoms with Crippen LogP contribution in [0.3, 0.4) is 0 Å². The molecule has 0 aliphatic heterocycles. The van der Waals surface area contributed by atoms with Gasteiger partial charge in [-0.05, 0) is 37.0 Å². The number of carbonyl (C=O) groups excluding carboxylic acids is 2. The number of hydrogen-bond donors (Lipinski definition) is 3. The first kappa shape index (κ1) is 17.2. The highest BCUT2D eigenvalue weighted by Crippen LogP contribution is 2.17. The number of amides is 2. The van der Waals surface area contributed by atoms with Crippen molar-refractivity contribution in [3.8, 4) is 0 Å². The average Bonchev–Trinajstić information content (AvgIpc) is 3.06. The monoisotopic (exact) mass is 332 g/mol. The molecule has 0 atom stereocenters. The van der Waals surface area contributed by atoms with E-state index in [4.69, 9.17) is 5.21 Å². The zero-order valence-electron chi connectivity index (χ0n) is 12.7. The molecular formula is C17H20N2O3S. The molecule has 2 amide bonds. The van der Waals surface area contributed by atoms with Gasteiger partial charge in [0.2, 0.25) is 5.91 Å². The van der Waals surface area contributed by atoms with Crippen LogP contribution in [0.25, 0.3) is 0 Å². The fraction of sp³-hybridized carbons (Fsp3) is 0.294. The van der Waals surface area contributed by atoms with Crippen molar-refractivity contribution >= 4 is 23.2 Å². The first-order chi connectivity index (χ1) is 11.2. The molecular weight excluding hydrogens is 312 g/mol. The van der Waals surface area contributed by atoms with Crippen LogP contribution in [0.2, 0.25) is 0 Å². The van der Waals surface area contributed by atoms with Gasteiger partial charge in [0.25, 0.3) is 5.91 Å². The number of hydrogen-bond acceptors (Lipinski definition) is 4. The minimum Gasteiger partial charge on any atom is -0.356 e. The van der Waals surface area contributed by atoms with E-state index in [0.29, 0.717) is 24.3 Å². The maximum Gasteiger partial charge on any atom is 0.284 e. The highest BCUT2D eigenvalue weighted by atomic mass is 32.1. The zero-order valence-corrected chi connectivity index (χ0v) is 13.6. The van der Waals surface area contributed by atoms with Crippen molar-refractivity contribution in [2.24, 2.45) is 0 Å². The van der Waals surface area contributed by atoms with Gasteiger partial charge in [0.05, 0.1) is 4.88 Å². The van der Waals surface area contributed by atoms with Crippen molar-refractivity contribution in [3.05, 3.63) is 57.8 Å². The van der Waals surface area contributed by atoms with Crippen molar-refractivity contribution in [3.63, 3.8) is 0 Å². The maximum atomic E-state index is 11.8. The number of carbonyl (C=O) groups is 2. The Labute approximate surface area is 139 Å². The highest BCUT2D eigenvalue weighted by Gasteiger charge is 2.09. The van der Waals surface area contributed by atoms with Crippen molar-refractivity contribution in [2.75, 3.05) is 6.54 Å². The molecule has 3 N–H and O–H groups in total. The Morgan fingerprint density at radius 2 is 1.83 bits per heavy atom. The van der Waals surface area contributed by atoms with E-state index in [-0.39, 0.29) is 5.91 Å². The minimum atomic E-state index is -0.522. The number of benzene rings is 1. The molecule has 2 aromatic rings. The number of nitrogens with one attached hydrogen (secondary N) is 2. The Kier molecular flexibility index (Phi) is 6.77. The Bertz CT molecular complexity index is 640. The molecule has 1 aromatic heterocycles. The Morgan fingerprint density at radius 1 is 1.04 bits per heavy atom. The van der Waals surface area contributed by atoms with E-state index in [2.05, 4.69) is 17.4 Å². The van der Waals surface area contributed by atoms with E-state index in [0.717, 1.165) is 17.7 Å². The summed E-state index contributed by atoms with van der Waals surface area (Å²) in [6, 6.07) is 13.6. The lowest BCUT2D eigenvalue weighted by atomic mass is 10.1. The summed E-state index contributed by atoms with van der Waals surface area (Å²) in [5.41, 5.74) is 2.87. The van der Waals surface area contributed by atoms with E-state index in [1.165, 1.54) is 16.9 Å². The molecule has 2 rings (SSSR count). The lowest BCUT2D eigenvalue weighted by molar-refractivity contribution is -0.121. The Morgan fingerprint density at radius 3 is 2.57 bits per heavy atom. The molecule has 0 saturated heterocycles. The molecule has 0 aliphatic rings. The SMILES string of the molecule is O=C(CCc1ccc(C(=O)NO)s1)NCCCc1ccccc1. The maximum absolute atomic E-state index is 11.8. The standard InChI is InChI=1S/C17H20N2O3S/c20-16(18-12-4-7-13-5-2-1-3-6-13)11-9-14-8-10-15(23-14)17(21)19-22/h1-3,5-6,8,10,22H,4,7,9,11-12H2,(H,18,20)(H,19,21). The molecule has 1 aromatic carbocycles. The van der Waals surface area contributed by atoms with Gasteiger partial charge in [-0.2, -0.15) is 0 Å². The number of hydroxylamine groups is 1. The predicted octanol–water partition coefficient (Wildman–Crippen LogP) is 2.55. The molecule has 23 heavy (non-hydrogen) atoms. The first-order valence-electron chi connectivity index (χ1n) is 7.53. The summed E-state index contributed by atoms with van der Waals surface area (Å²) in [4.78, 5) is 24.4. The number of rotatable bonds is 8. The topological polar surface area (TPSA) is 78.4 Å². The van der Waals surface area contributed by atoms with Crippen LogP contribution < -0.4 is 10.8 Å². The fourth-order valence-electron chi connectivity index (χ4n) is 2.18. The van der Waals surface area contributed by atoms with Gasteiger partial charge in [-0.1, -0.05) is 30.3 Å². The van der Waals surface area contributed by atoms with Gasteiger partial charge in [-0.15, -0.1) is 11.3 Å². The molecule has 0 aliphatic carbocycles. The molecule has 0 spiro atoms. The van der Waals surface area contributed by atoms with Gasteiger partial charge in [0, 0.05) is 17.8 Å². The van der Waals surface area contributed by atoms with Crippen LogP contribution in [0.4, 0.5) is 0 Å². The van der Waals surface area contributed by atoms with Gasteiger partial charge < -0.3 is 5.32 Å². The second-order valence-corrected chi connectivity index (χ2v) is 6.31. The first-order valence-corrected chi connectivity index (χ1v) is 8.34.